The second kappa shape index (κ2) is 6.76. The third kappa shape index (κ3) is 3.86. The van der Waals surface area contributed by atoms with Crippen LogP contribution in [0.2, 0.25) is 10.0 Å². The lowest BCUT2D eigenvalue weighted by Gasteiger charge is -2.12. The first-order valence-electron chi connectivity index (χ1n) is 5.45. The van der Waals surface area contributed by atoms with Crippen LogP contribution in [0, 0.1) is 0 Å². The Kier molecular flexibility index (Phi) is 5.31. The summed E-state index contributed by atoms with van der Waals surface area (Å²) in [5.74, 6) is 0.885. The van der Waals surface area contributed by atoms with Crippen molar-refractivity contribution >= 4 is 47.6 Å². The Hall–Kier alpha value is -0.280. The summed E-state index contributed by atoms with van der Waals surface area (Å²) in [5.41, 5.74) is 2.29. The summed E-state index contributed by atoms with van der Waals surface area (Å²) >= 11 is 18.3. The van der Waals surface area contributed by atoms with Crippen LogP contribution in [0.25, 0.3) is 0 Å². The Bertz CT molecular complexity index is 511. The number of benzene rings is 2. The molecule has 0 saturated carbocycles. The molecule has 2 aromatic carbocycles. The first kappa shape index (κ1) is 14.1. The second-order valence-corrected chi connectivity index (χ2v) is 6.61. The van der Waals surface area contributed by atoms with Gasteiger partial charge in [-0.15, -0.1) is 11.8 Å². The van der Waals surface area contributed by atoms with Crippen LogP contribution in [0.1, 0.15) is 15.7 Å². The average Bonchev–Trinajstić information content (AvgIpc) is 2.38. The van der Waals surface area contributed by atoms with Crippen LogP contribution in [0.3, 0.4) is 0 Å². The minimum atomic E-state index is 0.0781. The van der Waals surface area contributed by atoms with E-state index in [-0.39, 0.29) is 4.58 Å². The predicted molar refractivity (Wildman–Crippen MR) is 85.9 cm³/mol. The lowest BCUT2D eigenvalue weighted by Crippen LogP contribution is -1.88. The summed E-state index contributed by atoms with van der Waals surface area (Å²) in [6, 6.07) is 15.7. The molecule has 18 heavy (non-hydrogen) atoms. The van der Waals surface area contributed by atoms with Gasteiger partial charge in [0.1, 0.15) is 0 Å². The van der Waals surface area contributed by atoms with Gasteiger partial charge in [-0.1, -0.05) is 53.5 Å². The SMILES string of the molecule is SC(SCc1ccc(Cl)cc1)c1ccccc1Cl. The maximum atomic E-state index is 6.14. The Labute approximate surface area is 127 Å². The third-order valence-electron chi connectivity index (χ3n) is 2.49. The molecule has 1 atom stereocenters. The van der Waals surface area contributed by atoms with Crippen LogP contribution >= 0.6 is 47.6 Å². The predicted octanol–water partition coefficient (Wildman–Crippen LogP) is 5.86. The number of hydrogen-bond donors (Lipinski definition) is 1. The molecule has 1 unspecified atom stereocenters. The fourth-order valence-corrected chi connectivity index (χ4v) is 3.41. The van der Waals surface area contributed by atoms with Gasteiger partial charge in [0.15, 0.2) is 0 Å². The van der Waals surface area contributed by atoms with Gasteiger partial charge in [0.2, 0.25) is 0 Å². The highest BCUT2D eigenvalue weighted by Gasteiger charge is 2.10. The van der Waals surface area contributed by atoms with Crippen molar-refractivity contribution in [2.45, 2.75) is 10.3 Å². The molecule has 0 N–H and O–H groups in total. The molecule has 2 rings (SSSR count). The zero-order valence-electron chi connectivity index (χ0n) is 9.51. The number of rotatable bonds is 4. The Morgan fingerprint density at radius 1 is 1.00 bits per heavy atom. The minimum absolute atomic E-state index is 0.0781. The van der Waals surface area contributed by atoms with Gasteiger partial charge in [-0.25, -0.2) is 0 Å². The van der Waals surface area contributed by atoms with Gasteiger partial charge in [0, 0.05) is 15.8 Å². The third-order valence-corrected chi connectivity index (χ3v) is 4.88. The van der Waals surface area contributed by atoms with Crippen molar-refractivity contribution in [2.75, 3.05) is 0 Å². The number of thioether (sulfide) groups is 1. The van der Waals surface area contributed by atoms with E-state index in [1.807, 2.05) is 48.5 Å². The van der Waals surface area contributed by atoms with E-state index in [4.69, 9.17) is 23.2 Å². The van der Waals surface area contributed by atoms with Crippen molar-refractivity contribution in [3.63, 3.8) is 0 Å². The number of halogens is 2. The lowest BCUT2D eigenvalue weighted by molar-refractivity contribution is 1.35. The molecule has 0 fully saturated rings. The molecule has 0 bridgehead atoms. The molecule has 0 heterocycles. The number of hydrogen-bond acceptors (Lipinski definition) is 2. The standard InChI is InChI=1S/C14H12Cl2S2/c15-11-7-5-10(6-8-11)9-18-14(17)12-3-1-2-4-13(12)16/h1-8,14,17H,9H2. The van der Waals surface area contributed by atoms with Gasteiger partial charge in [-0.05, 0) is 29.3 Å². The highest BCUT2D eigenvalue weighted by molar-refractivity contribution is 8.09. The van der Waals surface area contributed by atoms with Crippen molar-refractivity contribution in [1.29, 1.82) is 0 Å². The summed E-state index contributed by atoms with van der Waals surface area (Å²) in [7, 11) is 0. The highest BCUT2D eigenvalue weighted by atomic mass is 35.5. The molecule has 0 aromatic heterocycles. The van der Waals surface area contributed by atoms with E-state index in [0.717, 1.165) is 21.4 Å². The van der Waals surface area contributed by atoms with Crippen LogP contribution in [0.5, 0.6) is 0 Å². The van der Waals surface area contributed by atoms with Crippen LogP contribution < -0.4 is 0 Å². The molecule has 0 saturated heterocycles. The van der Waals surface area contributed by atoms with Gasteiger partial charge in [-0.2, -0.15) is 12.6 Å². The van der Waals surface area contributed by atoms with Crippen molar-refractivity contribution in [2.24, 2.45) is 0 Å². The zero-order chi connectivity index (χ0) is 13.0. The molecule has 0 spiro atoms. The second-order valence-electron chi connectivity index (χ2n) is 3.81. The van der Waals surface area contributed by atoms with E-state index >= 15 is 0 Å². The smallest absolute Gasteiger partial charge is 0.0739 e. The first-order chi connectivity index (χ1) is 8.66. The van der Waals surface area contributed by atoms with E-state index in [1.165, 1.54) is 5.56 Å². The fourth-order valence-electron chi connectivity index (χ4n) is 1.52. The zero-order valence-corrected chi connectivity index (χ0v) is 12.7. The van der Waals surface area contributed by atoms with Gasteiger partial charge in [0.25, 0.3) is 0 Å². The van der Waals surface area contributed by atoms with E-state index < -0.39 is 0 Å². The van der Waals surface area contributed by atoms with E-state index in [2.05, 4.69) is 12.6 Å². The maximum absolute atomic E-state index is 6.14. The van der Waals surface area contributed by atoms with Crippen molar-refractivity contribution in [1.82, 2.24) is 0 Å². The molecular weight excluding hydrogens is 303 g/mol. The van der Waals surface area contributed by atoms with Crippen LogP contribution in [0.15, 0.2) is 48.5 Å². The van der Waals surface area contributed by atoms with Crippen molar-refractivity contribution < 1.29 is 0 Å². The maximum Gasteiger partial charge on any atom is 0.0739 e. The monoisotopic (exact) mass is 314 g/mol. The van der Waals surface area contributed by atoms with Crippen LogP contribution in [-0.4, -0.2) is 0 Å². The number of thiol groups is 1. The van der Waals surface area contributed by atoms with Gasteiger partial charge >= 0.3 is 0 Å². The van der Waals surface area contributed by atoms with E-state index in [1.54, 1.807) is 11.8 Å². The molecule has 0 aliphatic rings. The summed E-state index contributed by atoms with van der Waals surface area (Å²) < 4.78 is 0.0781. The van der Waals surface area contributed by atoms with Crippen molar-refractivity contribution in [3.05, 3.63) is 69.7 Å². The summed E-state index contributed by atoms with van der Waals surface area (Å²) in [5, 5.41) is 1.53. The Morgan fingerprint density at radius 3 is 2.33 bits per heavy atom. The molecule has 0 amide bonds. The summed E-state index contributed by atoms with van der Waals surface area (Å²) in [4.78, 5) is 0. The average molecular weight is 315 g/mol. The topological polar surface area (TPSA) is 0 Å². The summed E-state index contributed by atoms with van der Waals surface area (Å²) in [6.45, 7) is 0. The molecule has 0 aliphatic carbocycles. The molecule has 0 radical (unpaired) electrons. The van der Waals surface area contributed by atoms with Gasteiger partial charge in [0.05, 0.1) is 4.58 Å². The molecule has 4 heteroatoms. The first-order valence-corrected chi connectivity index (χ1v) is 7.77. The molecule has 94 valence electrons. The fraction of sp³-hybridized carbons (Fsp3) is 0.143. The molecule has 0 nitrogen and oxygen atoms in total. The highest BCUT2D eigenvalue weighted by Crippen LogP contribution is 2.38. The Morgan fingerprint density at radius 2 is 1.67 bits per heavy atom. The quantitative estimate of drug-likeness (QED) is 0.545. The lowest BCUT2D eigenvalue weighted by atomic mass is 10.2. The minimum Gasteiger partial charge on any atom is -0.160 e. The summed E-state index contributed by atoms with van der Waals surface area (Å²) in [6.07, 6.45) is 0. The van der Waals surface area contributed by atoms with Crippen molar-refractivity contribution in [3.8, 4) is 0 Å². The van der Waals surface area contributed by atoms with Gasteiger partial charge in [-0.3, -0.25) is 0 Å². The normalized spacial score (nSPS) is 12.4. The van der Waals surface area contributed by atoms with E-state index in [9.17, 15) is 0 Å². The van der Waals surface area contributed by atoms with E-state index in [0.29, 0.717) is 0 Å². The largest absolute Gasteiger partial charge is 0.160 e. The van der Waals surface area contributed by atoms with Crippen LogP contribution in [-0.2, 0) is 5.75 Å². The molecular formula is C14H12Cl2S2. The Balaban J connectivity index is 1.98. The molecule has 2 aromatic rings. The van der Waals surface area contributed by atoms with Gasteiger partial charge < -0.3 is 0 Å². The van der Waals surface area contributed by atoms with Crippen LogP contribution in [0.4, 0.5) is 0 Å². The molecule has 0 aliphatic heterocycles.